The quantitative estimate of drug-likeness (QED) is 0.775. The van der Waals surface area contributed by atoms with E-state index in [-0.39, 0.29) is 16.9 Å². The lowest BCUT2D eigenvalue weighted by molar-refractivity contribution is 0.0855. The van der Waals surface area contributed by atoms with Crippen LogP contribution >= 0.6 is 11.6 Å². The van der Waals surface area contributed by atoms with E-state index in [1.165, 1.54) is 0 Å². The van der Waals surface area contributed by atoms with E-state index in [0.29, 0.717) is 0 Å². The molecule has 0 saturated heterocycles. The maximum absolute atomic E-state index is 6.05. The fraction of sp³-hybridized carbons (Fsp3) is 0.692. The third-order valence-corrected chi connectivity index (χ3v) is 3.34. The second-order valence-corrected chi connectivity index (χ2v) is 6.57. The van der Waals surface area contributed by atoms with Crippen LogP contribution < -0.4 is 0 Å². The lowest BCUT2D eigenvalue weighted by Crippen LogP contribution is -2.20. The number of alkyl halides is 1. The molecule has 18 heavy (non-hydrogen) atoms. The summed E-state index contributed by atoms with van der Waals surface area (Å²) in [5.74, 6) is 0. The number of oxime groups is 1. The van der Waals surface area contributed by atoms with Crippen molar-refractivity contribution in [1.82, 2.24) is 9.78 Å². The molecule has 4 nitrogen and oxygen atoms in total. The van der Waals surface area contributed by atoms with Gasteiger partial charge in [-0.2, -0.15) is 5.10 Å². The molecule has 0 aliphatic carbocycles. The molecule has 1 aliphatic heterocycles. The number of hydrogen-bond acceptors (Lipinski definition) is 3. The van der Waals surface area contributed by atoms with Crippen molar-refractivity contribution in [2.75, 3.05) is 0 Å². The maximum Gasteiger partial charge on any atom is 0.149 e. The van der Waals surface area contributed by atoms with Crippen molar-refractivity contribution in [3.8, 4) is 0 Å². The minimum atomic E-state index is -0.0407. The standard InChI is InChI=1S/C13H20ClN3O/c1-8(14)11-6-10(16-18-11)9-7-17(5)15-12(9)13(2,3)4/h7-8,11H,6H2,1-5H3. The molecule has 2 rings (SSSR count). The lowest BCUT2D eigenvalue weighted by atomic mass is 9.87. The summed E-state index contributed by atoms with van der Waals surface area (Å²) in [4.78, 5) is 5.38. The van der Waals surface area contributed by atoms with Gasteiger partial charge in [0, 0.05) is 30.6 Å². The van der Waals surface area contributed by atoms with Gasteiger partial charge in [0.25, 0.3) is 0 Å². The fourth-order valence-corrected chi connectivity index (χ4v) is 2.19. The first-order chi connectivity index (χ1) is 8.29. The van der Waals surface area contributed by atoms with Gasteiger partial charge in [0.1, 0.15) is 6.10 Å². The van der Waals surface area contributed by atoms with Crippen LogP contribution in [0.5, 0.6) is 0 Å². The van der Waals surface area contributed by atoms with E-state index in [9.17, 15) is 0 Å². The molecule has 1 aliphatic rings. The molecule has 0 aromatic carbocycles. The van der Waals surface area contributed by atoms with Gasteiger partial charge < -0.3 is 4.84 Å². The molecule has 0 spiro atoms. The third kappa shape index (κ3) is 2.53. The highest BCUT2D eigenvalue weighted by Crippen LogP contribution is 2.29. The van der Waals surface area contributed by atoms with Crippen LogP contribution in [0.15, 0.2) is 11.4 Å². The number of nitrogens with zero attached hydrogens (tertiary/aromatic N) is 3. The van der Waals surface area contributed by atoms with Crippen LogP contribution in [0.4, 0.5) is 0 Å². The molecule has 2 heterocycles. The molecule has 2 unspecified atom stereocenters. The Morgan fingerprint density at radius 2 is 2.17 bits per heavy atom. The van der Waals surface area contributed by atoms with Crippen LogP contribution in [-0.4, -0.2) is 27.0 Å². The second kappa shape index (κ2) is 4.57. The van der Waals surface area contributed by atoms with Crippen LogP contribution in [0.25, 0.3) is 0 Å². The van der Waals surface area contributed by atoms with Crippen molar-refractivity contribution in [3.63, 3.8) is 0 Å². The van der Waals surface area contributed by atoms with Crippen molar-refractivity contribution in [3.05, 3.63) is 17.5 Å². The fourth-order valence-electron chi connectivity index (χ4n) is 2.06. The third-order valence-electron chi connectivity index (χ3n) is 3.06. The highest BCUT2D eigenvalue weighted by Gasteiger charge is 2.31. The summed E-state index contributed by atoms with van der Waals surface area (Å²) in [6.45, 7) is 8.38. The first-order valence-electron chi connectivity index (χ1n) is 6.20. The Morgan fingerprint density at radius 1 is 1.50 bits per heavy atom. The van der Waals surface area contributed by atoms with Crippen LogP contribution in [0.1, 0.15) is 45.4 Å². The Morgan fingerprint density at radius 3 is 2.67 bits per heavy atom. The summed E-state index contributed by atoms with van der Waals surface area (Å²) in [5.41, 5.74) is 3.06. The van der Waals surface area contributed by atoms with E-state index in [4.69, 9.17) is 16.4 Å². The number of aryl methyl sites for hydroxylation is 1. The smallest absolute Gasteiger partial charge is 0.149 e. The van der Waals surface area contributed by atoms with Gasteiger partial charge in [-0.1, -0.05) is 25.9 Å². The predicted octanol–water partition coefficient (Wildman–Crippen LogP) is 2.84. The largest absolute Gasteiger partial charge is 0.390 e. The van der Waals surface area contributed by atoms with Gasteiger partial charge in [0.2, 0.25) is 0 Å². The molecular weight excluding hydrogens is 250 g/mol. The normalized spacial score (nSPS) is 21.7. The molecular formula is C13H20ClN3O. The highest BCUT2D eigenvalue weighted by molar-refractivity contribution is 6.21. The van der Waals surface area contributed by atoms with Gasteiger partial charge in [-0.3, -0.25) is 4.68 Å². The monoisotopic (exact) mass is 269 g/mol. The zero-order chi connectivity index (χ0) is 13.5. The zero-order valence-electron chi connectivity index (χ0n) is 11.6. The lowest BCUT2D eigenvalue weighted by Gasteiger charge is -2.17. The molecule has 100 valence electrons. The molecule has 0 saturated carbocycles. The minimum Gasteiger partial charge on any atom is -0.390 e. The maximum atomic E-state index is 6.05. The average Bonchev–Trinajstić information content (AvgIpc) is 2.81. The van der Waals surface area contributed by atoms with Crippen LogP contribution in [0, 0.1) is 0 Å². The Balaban J connectivity index is 2.30. The van der Waals surface area contributed by atoms with Crippen molar-refractivity contribution in [2.45, 2.75) is 51.0 Å². The molecule has 0 fully saturated rings. The van der Waals surface area contributed by atoms with E-state index < -0.39 is 0 Å². The van der Waals surface area contributed by atoms with E-state index in [2.05, 4.69) is 31.0 Å². The molecule has 1 aromatic rings. The van der Waals surface area contributed by atoms with Crippen LogP contribution in [-0.2, 0) is 17.3 Å². The van der Waals surface area contributed by atoms with Crippen molar-refractivity contribution < 1.29 is 4.84 Å². The Hall–Kier alpha value is -1.03. The molecule has 2 atom stereocenters. The molecule has 5 heteroatoms. The average molecular weight is 270 g/mol. The number of aromatic nitrogens is 2. The van der Waals surface area contributed by atoms with E-state index in [1.54, 1.807) is 0 Å². The summed E-state index contributed by atoms with van der Waals surface area (Å²) in [7, 11) is 1.93. The SMILES string of the molecule is CC(Cl)C1CC(c2cn(C)nc2C(C)(C)C)=NO1. The van der Waals surface area contributed by atoms with E-state index in [0.717, 1.165) is 23.4 Å². The Labute approximate surface area is 113 Å². The second-order valence-electron chi connectivity index (χ2n) is 5.88. The van der Waals surface area contributed by atoms with Gasteiger partial charge in [0.05, 0.1) is 16.8 Å². The van der Waals surface area contributed by atoms with Crippen molar-refractivity contribution >= 4 is 17.3 Å². The van der Waals surface area contributed by atoms with Gasteiger partial charge in [-0.05, 0) is 6.92 Å². The van der Waals surface area contributed by atoms with Gasteiger partial charge >= 0.3 is 0 Å². The molecule has 0 amide bonds. The molecule has 0 bridgehead atoms. The number of rotatable bonds is 2. The zero-order valence-corrected chi connectivity index (χ0v) is 12.3. The number of halogens is 1. The Bertz CT molecular complexity index is 471. The van der Waals surface area contributed by atoms with Crippen LogP contribution in [0.2, 0.25) is 0 Å². The molecule has 0 radical (unpaired) electrons. The molecule has 0 N–H and O–H groups in total. The van der Waals surface area contributed by atoms with Gasteiger partial charge in [0.15, 0.2) is 0 Å². The highest BCUT2D eigenvalue weighted by atomic mass is 35.5. The van der Waals surface area contributed by atoms with Crippen molar-refractivity contribution in [2.24, 2.45) is 12.2 Å². The predicted molar refractivity (Wildman–Crippen MR) is 73.3 cm³/mol. The summed E-state index contributed by atoms with van der Waals surface area (Å²) in [6, 6.07) is 0. The summed E-state index contributed by atoms with van der Waals surface area (Å²) >= 11 is 6.05. The molecule has 1 aromatic heterocycles. The van der Waals surface area contributed by atoms with E-state index in [1.807, 2.05) is 24.9 Å². The van der Waals surface area contributed by atoms with Gasteiger partial charge in [-0.15, -0.1) is 11.6 Å². The van der Waals surface area contributed by atoms with Crippen molar-refractivity contribution in [1.29, 1.82) is 0 Å². The summed E-state index contributed by atoms with van der Waals surface area (Å²) in [6.07, 6.45) is 2.72. The topological polar surface area (TPSA) is 39.4 Å². The van der Waals surface area contributed by atoms with Crippen LogP contribution in [0.3, 0.4) is 0 Å². The first kappa shape index (κ1) is 13.4. The van der Waals surface area contributed by atoms with E-state index >= 15 is 0 Å². The minimum absolute atomic E-state index is 0.0101. The summed E-state index contributed by atoms with van der Waals surface area (Å²) in [5, 5.41) is 8.68. The Kier molecular flexibility index (Phi) is 3.41. The first-order valence-corrected chi connectivity index (χ1v) is 6.64. The summed E-state index contributed by atoms with van der Waals surface area (Å²) < 4.78 is 1.83. The van der Waals surface area contributed by atoms with Gasteiger partial charge in [-0.25, -0.2) is 0 Å². The number of hydrogen-bond donors (Lipinski definition) is 0.